The lowest BCUT2D eigenvalue weighted by molar-refractivity contribution is -0.137. The molecule has 0 atom stereocenters. The fourth-order valence-electron chi connectivity index (χ4n) is 1.29. The van der Waals surface area contributed by atoms with Crippen LogP contribution in [-0.2, 0) is 6.18 Å². The second-order valence-electron chi connectivity index (χ2n) is 3.49. The lowest BCUT2D eigenvalue weighted by Gasteiger charge is -2.08. The molecule has 20 heavy (non-hydrogen) atoms. The summed E-state index contributed by atoms with van der Waals surface area (Å²) in [5.41, 5.74) is -0.811. The van der Waals surface area contributed by atoms with Crippen molar-refractivity contribution in [1.82, 2.24) is 15.0 Å². The summed E-state index contributed by atoms with van der Waals surface area (Å²) in [5, 5.41) is 0.836. The summed E-state index contributed by atoms with van der Waals surface area (Å²) in [7, 11) is 1.40. The minimum absolute atomic E-state index is 0.122. The molecule has 0 aliphatic rings. The third-order valence-electron chi connectivity index (χ3n) is 2.20. The van der Waals surface area contributed by atoms with E-state index >= 15 is 0 Å². The van der Waals surface area contributed by atoms with Gasteiger partial charge in [-0.3, -0.25) is 0 Å². The fourth-order valence-corrected chi connectivity index (χ4v) is 2.37. The molecule has 0 N–H and O–H groups in total. The monoisotopic (exact) mass is 321 g/mol. The Balaban J connectivity index is 2.25. The van der Waals surface area contributed by atoms with Crippen LogP contribution < -0.4 is 4.74 Å². The van der Waals surface area contributed by atoms with Gasteiger partial charge in [0.25, 0.3) is 0 Å². The van der Waals surface area contributed by atoms with Gasteiger partial charge in [0.1, 0.15) is 16.4 Å². The topological polar surface area (TPSA) is 47.9 Å². The van der Waals surface area contributed by atoms with E-state index in [2.05, 4.69) is 15.0 Å². The number of hydrogen-bond acceptors (Lipinski definition) is 5. The second kappa shape index (κ2) is 5.84. The van der Waals surface area contributed by atoms with E-state index in [0.29, 0.717) is 10.1 Å². The van der Waals surface area contributed by atoms with Gasteiger partial charge in [0, 0.05) is 6.20 Å². The van der Waals surface area contributed by atoms with Crippen LogP contribution >= 0.6 is 23.4 Å². The van der Waals surface area contributed by atoms with Gasteiger partial charge in [-0.15, -0.1) is 0 Å². The van der Waals surface area contributed by atoms with Crippen molar-refractivity contribution in [1.29, 1.82) is 0 Å². The fraction of sp³-hybridized carbons (Fsp3) is 0.182. The molecular weight excluding hydrogens is 315 g/mol. The maximum atomic E-state index is 12.4. The predicted octanol–water partition coefficient (Wildman–Crippen LogP) is 3.70. The number of hydrogen-bond donors (Lipinski definition) is 0. The molecule has 2 aromatic rings. The number of halogens is 4. The maximum absolute atomic E-state index is 12.4. The largest absolute Gasteiger partial charge is 0.491 e. The third-order valence-corrected chi connectivity index (χ3v) is 3.40. The molecule has 0 radical (unpaired) electrons. The van der Waals surface area contributed by atoms with Gasteiger partial charge in [0.2, 0.25) is 0 Å². The van der Waals surface area contributed by atoms with Crippen LogP contribution in [0.25, 0.3) is 0 Å². The highest BCUT2D eigenvalue weighted by Gasteiger charge is 2.30. The van der Waals surface area contributed by atoms with Gasteiger partial charge >= 0.3 is 6.18 Å². The first kappa shape index (κ1) is 14.9. The van der Waals surface area contributed by atoms with Crippen molar-refractivity contribution in [3.63, 3.8) is 0 Å². The average molecular weight is 322 g/mol. The number of alkyl halides is 3. The molecule has 0 saturated carbocycles. The highest BCUT2D eigenvalue weighted by atomic mass is 35.5. The summed E-state index contributed by atoms with van der Waals surface area (Å²) < 4.78 is 42.3. The molecule has 0 amide bonds. The minimum Gasteiger partial charge on any atom is -0.491 e. The van der Waals surface area contributed by atoms with Gasteiger partial charge in [0.15, 0.2) is 10.9 Å². The molecule has 0 unspecified atom stereocenters. The zero-order chi connectivity index (χ0) is 14.8. The molecule has 2 rings (SSSR count). The Hall–Kier alpha value is -1.54. The van der Waals surface area contributed by atoms with Gasteiger partial charge < -0.3 is 4.74 Å². The van der Waals surface area contributed by atoms with Gasteiger partial charge in [-0.05, 0) is 23.9 Å². The standard InChI is InChI=1S/C11H7ClF3N3OS/c1-19-8-9(12)17-5-18-10(8)20-7-3-2-6(4-16-7)11(13,14)15/h2-5H,1H3. The SMILES string of the molecule is COc1c(Cl)ncnc1Sc1ccc(C(F)(F)F)cn1. The molecule has 0 spiro atoms. The summed E-state index contributed by atoms with van der Waals surface area (Å²) in [6.45, 7) is 0. The number of aromatic nitrogens is 3. The summed E-state index contributed by atoms with van der Waals surface area (Å²) in [6.07, 6.45) is -2.42. The molecular formula is C11H7ClF3N3OS. The number of ether oxygens (including phenoxy) is 1. The first-order valence-corrected chi connectivity index (χ1v) is 6.37. The van der Waals surface area contributed by atoms with E-state index in [1.54, 1.807) is 0 Å². The lowest BCUT2D eigenvalue weighted by Crippen LogP contribution is -2.05. The van der Waals surface area contributed by atoms with Crippen LogP contribution in [0.2, 0.25) is 5.15 Å². The number of pyridine rings is 1. The smallest absolute Gasteiger partial charge is 0.417 e. The van der Waals surface area contributed by atoms with Crippen molar-refractivity contribution >= 4 is 23.4 Å². The van der Waals surface area contributed by atoms with Crippen LogP contribution in [0.1, 0.15) is 5.56 Å². The highest BCUT2D eigenvalue weighted by molar-refractivity contribution is 7.99. The second-order valence-corrected chi connectivity index (χ2v) is 4.85. The molecule has 0 aliphatic heterocycles. The Morgan fingerprint density at radius 1 is 1.20 bits per heavy atom. The predicted molar refractivity (Wildman–Crippen MR) is 67.0 cm³/mol. The lowest BCUT2D eigenvalue weighted by atomic mass is 10.3. The van der Waals surface area contributed by atoms with Crippen molar-refractivity contribution < 1.29 is 17.9 Å². The third kappa shape index (κ3) is 3.31. The molecule has 2 heterocycles. The first-order chi connectivity index (χ1) is 9.41. The van der Waals surface area contributed by atoms with Crippen molar-refractivity contribution in [3.8, 4) is 5.75 Å². The number of rotatable bonds is 3. The van der Waals surface area contributed by atoms with E-state index < -0.39 is 11.7 Å². The van der Waals surface area contributed by atoms with Crippen LogP contribution in [-0.4, -0.2) is 22.1 Å². The normalized spacial score (nSPS) is 11.4. The summed E-state index contributed by atoms with van der Waals surface area (Å²) >= 11 is 6.86. The van der Waals surface area contributed by atoms with Crippen LogP contribution in [0.4, 0.5) is 13.2 Å². The van der Waals surface area contributed by atoms with Crippen LogP contribution in [0.15, 0.2) is 34.7 Å². The molecule has 4 nitrogen and oxygen atoms in total. The zero-order valence-corrected chi connectivity index (χ0v) is 11.6. The molecule has 0 saturated heterocycles. The van der Waals surface area contributed by atoms with E-state index in [-0.39, 0.29) is 10.9 Å². The van der Waals surface area contributed by atoms with Crippen LogP contribution in [0.3, 0.4) is 0 Å². The quantitative estimate of drug-likeness (QED) is 0.807. The van der Waals surface area contributed by atoms with E-state index in [9.17, 15) is 13.2 Å². The van der Waals surface area contributed by atoms with Gasteiger partial charge in [-0.2, -0.15) is 13.2 Å². The average Bonchev–Trinajstić information content (AvgIpc) is 2.38. The van der Waals surface area contributed by atoms with Crippen molar-refractivity contribution in [2.45, 2.75) is 16.2 Å². The maximum Gasteiger partial charge on any atom is 0.417 e. The Bertz CT molecular complexity index is 607. The molecule has 9 heteroatoms. The van der Waals surface area contributed by atoms with Crippen molar-refractivity contribution in [3.05, 3.63) is 35.4 Å². The minimum atomic E-state index is -4.41. The summed E-state index contributed by atoms with van der Waals surface area (Å²) in [5.74, 6) is 0.251. The van der Waals surface area contributed by atoms with Crippen LogP contribution in [0.5, 0.6) is 5.75 Å². The Morgan fingerprint density at radius 2 is 1.95 bits per heavy atom. The van der Waals surface area contributed by atoms with E-state index in [1.165, 1.54) is 19.5 Å². The summed E-state index contributed by atoms with van der Waals surface area (Å²) in [4.78, 5) is 11.4. The number of methoxy groups -OCH3 is 1. The molecule has 0 aliphatic carbocycles. The highest BCUT2D eigenvalue weighted by Crippen LogP contribution is 2.36. The van der Waals surface area contributed by atoms with Gasteiger partial charge in [0.05, 0.1) is 12.7 Å². The summed E-state index contributed by atoms with van der Waals surface area (Å²) in [6, 6.07) is 2.20. The van der Waals surface area contributed by atoms with Gasteiger partial charge in [-0.1, -0.05) is 11.6 Å². The molecule has 0 bridgehead atoms. The van der Waals surface area contributed by atoms with Gasteiger partial charge in [-0.25, -0.2) is 15.0 Å². The Labute approximate surface area is 121 Å². The molecule has 0 fully saturated rings. The molecule has 0 aromatic carbocycles. The van der Waals surface area contributed by atoms with E-state index in [0.717, 1.165) is 24.0 Å². The Kier molecular flexibility index (Phi) is 4.34. The van der Waals surface area contributed by atoms with Crippen LogP contribution in [0, 0.1) is 0 Å². The number of nitrogens with zero attached hydrogens (tertiary/aromatic N) is 3. The van der Waals surface area contributed by atoms with E-state index in [4.69, 9.17) is 16.3 Å². The van der Waals surface area contributed by atoms with E-state index in [1.807, 2.05) is 0 Å². The first-order valence-electron chi connectivity index (χ1n) is 5.17. The molecule has 106 valence electrons. The molecule has 2 aromatic heterocycles. The zero-order valence-electron chi connectivity index (χ0n) is 9.98. The van der Waals surface area contributed by atoms with Crippen molar-refractivity contribution in [2.24, 2.45) is 0 Å². The Morgan fingerprint density at radius 3 is 2.50 bits per heavy atom. The van der Waals surface area contributed by atoms with Crippen molar-refractivity contribution in [2.75, 3.05) is 7.11 Å².